The Balaban J connectivity index is 2.15. The first kappa shape index (κ1) is 18.0. The van der Waals surface area contributed by atoms with Gasteiger partial charge in [0.15, 0.2) is 5.78 Å². The molecule has 3 aromatic rings. The summed E-state index contributed by atoms with van der Waals surface area (Å²) in [7, 11) is 0. The van der Waals surface area contributed by atoms with E-state index in [4.69, 9.17) is 0 Å². The van der Waals surface area contributed by atoms with Crippen molar-refractivity contribution in [2.75, 3.05) is 5.75 Å². The van der Waals surface area contributed by atoms with E-state index in [-0.39, 0.29) is 5.78 Å². The summed E-state index contributed by atoms with van der Waals surface area (Å²) in [6.07, 6.45) is 3.91. The number of hydrogen-bond donors (Lipinski definition) is 0. The largest absolute Gasteiger partial charge is 0.342 e. The van der Waals surface area contributed by atoms with Gasteiger partial charge in [0.2, 0.25) is 0 Å². The molecule has 0 radical (unpaired) electrons. The minimum Gasteiger partial charge on any atom is -0.342 e. The van der Waals surface area contributed by atoms with Crippen molar-refractivity contribution in [3.63, 3.8) is 0 Å². The Hall–Kier alpha value is -1.78. The summed E-state index contributed by atoms with van der Waals surface area (Å²) in [5, 5.41) is 1.17. The first-order chi connectivity index (χ1) is 12.1. The molecule has 0 spiro atoms. The lowest BCUT2D eigenvalue weighted by Crippen LogP contribution is -1.97. The molecule has 1 heterocycles. The number of thioether (sulfide) groups is 1. The van der Waals surface area contributed by atoms with E-state index in [0.29, 0.717) is 0 Å². The Morgan fingerprint density at radius 3 is 2.64 bits per heavy atom. The molecule has 3 rings (SSSR count). The molecule has 0 saturated heterocycles. The van der Waals surface area contributed by atoms with Crippen molar-refractivity contribution in [2.24, 2.45) is 0 Å². The highest BCUT2D eigenvalue weighted by Crippen LogP contribution is 2.35. The van der Waals surface area contributed by atoms with Crippen LogP contribution in [0.3, 0.4) is 0 Å². The molecule has 0 saturated carbocycles. The fourth-order valence-electron chi connectivity index (χ4n) is 2.91. The van der Waals surface area contributed by atoms with Crippen LogP contribution >= 0.6 is 27.7 Å². The molecule has 4 heteroatoms. The second kappa shape index (κ2) is 8.07. The summed E-state index contributed by atoms with van der Waals surface area (Å²) in [5.74, 6) is 1.01. The quantitative estimate of drug-likeness (QED) is 0.453. The molecule has 1 aromatic heterocycles. The van der Waals surface area contributed by atoms with Crippen LogP contribution in [-0.4, -0.2) is 16.1 Å². The zero-order valence-electron chi connectivity index (χ0n) is 14.3. The summed E-state index contributed by atoms with van der Waals surface area (Å²) in [6.45, 7) is 4.52. The maximum Gasteiger partial charge on any atom is 0.153 e. The van der Waals surface area contributed by atoms with Gasteiger partial charge in [-0.2, -0.15) is 0 Å². The van der Waals surface area contributed by atoms with Gasteiger partial charge in [0.05, 0.1) is 0 Å². The fraction of sp³-hybridized carbons (Fsp3) is 0.190. The average Bonchev–Trinajstić information content (AvgIpc) is 2.92. The number of halogens is 1. The van der Waals surface area contributed by atoms with Crippen molar-refractivity contribution in [3.8, 4) is 0 Å². The summed E-state index contributed by atoms with van der Waals surface area (Å²) in [5.41, 5.74) is 3.55. The second-order valence-corrected chi connectivity index (χ2v) is 8.09. The molecule has 25 heavy (non-hydrogen) atoms. The van der Waals surface area contributed by atoms with Crippen LogP contribution in [0.2, 0.25) is 0 Å². The molecular formula is C21H20BrNOS. The monoisotopic (exact) mass is 413 g/mol. The van der Waals surface area contributed by atoms with Crippen molar-refractivity contribution in [1.29, 1.82) is 0 Å². The van der Waals surface area contributed by atoms with Gasteiger partial charge in [0.25, 0.3) is 0 Å². The molecule has 0 unspecified atom stereocenters. The van der Waals surface area contributed by atoms with E-state index in [9.17, 15) is 4.79 Å². The normalized spacial score (nSPS) is 11.9. The van der Waals surface area contributed by atoms with Gasteiger partial charge in [-0.3, -0.25) is 4.79 Å². The van der Waals surface area contributed by atoms with Crippen LogP contribution < -0.4 is 0 Å². The predicted molar refractivity (Wildman–Crippen MR) is 112 cm³/mol. The summed E-state index contributed by atoms with van der Waals surface area (Å²) in [6, 6.07) is 16.8. The van der Waals surface area contributed by atoms with E-state index in [1.165, 1.54) is 16.5 Å². The number of allylic oxidation sites excluding steroid dienone is 1. The number of nitrogens with zero attached hydrogens (tertiary/aromatic N) is 1. The molecule has 0 aliphatic carbocycles. The van der Waals surface area contributed by atoms with Crippen molar-refractivity contribution >= 4 is 49.3 Å². The lowest BCUT2D eigenvalue weighted by molar-refractivity contribution is -0.112. The Bertz CT molecular complexity index is 928. The van der Waals surface area contributed by atoms with E-state index in [1.807, 2.05) is 6.07 Å². The number of carbonyl (C=O) groups excluding carboxylic acids is 1. The van der Waals surface area contributed by atoms with Gasteiger partial charge in [0.1, 0.15) is 0 Å². The Kier molecular flexibility index (Phi) is 5.82. The lowest BCUT2D eigenvalue weighted by atomic mass is 10.1. The van der Waals surface area contributed by atoms with Gasteiger partial charge in [-0.25, -0.2) is 0 Å². The Labute approximate surface area is 161 Å². The second-order valence-electron chi connectivity index (χ2n) is 5.87. The fourth-order valence-corrected chi connectivity index (χ4v) is 4.15. The van der Waals surface area contributed by atoms with Crippen molar-refractivity contribution in [1.82, 2.24) is 4.57 Å². The van der Waals surface area contributed by atoms with Crippen LogP contribution in [0.4, 0.5) is 0 Å². The van der Waals surface area contributed by atoms with Gasteiger partial charge >= 0.3 is 0 Å². The third-order valence-corrected chi connectivity index (χ3v) is 5.37. The van der Waals surface area contributed by atoms with Crippen molar-refractivity contribution < 1.29 is 4.79 Å². The van der Waals surface area contributed by atoms with E-state index in [1.54, 1.807) is 24.8 Å². The molecule has 0 aliphatic rings. The molecule has 0 atom stereocenters. The number of benzene rings is 2. The smallest absolute Gasteiger partial charge is 0.153 e. The number of ketones is 1. The lowest BCUT2D eigenvalue weighted by Gasteiger charge is -2.05. The van der Waals surface area contributed by atoms with Gasteiger partial charge in [-0.05, 0) is 42.5 Å². The van der Waals surface area contributed by atoms with Crippen molar-refractivity contribution in [3.05, 3.63) is 76.4 Å². The highest BCUT2D eigenvalue weighted by molar-refractivity contribution is 9.10. The molecule has 0 aliphatic heterocycles. The van der Waals surface area contributed by atoms with Crippen molar-refractivity contribution in [2.45, 2.75) is 20.4 Å². The first-order valence-electron chi connectivity index (χ1n) is 8.26. The minimum absolute atomic E-state index is 0.0786. The van der Waals surface area contributed by atoms with Crippen LogP contribution in [0, 0.1) is 0 Å². The summed E-state index contributed by atoms with van der Waals surface area (Å²) < 4.78 is 3.30. The van der Waals surface area contributed by atoms with Gasteiger partial charge in [-0.15, -0.1) is 11.8 Å². The number of aromatic nitrogens is 1. The predicted octanol–water partition coefficient (Wildman–Crippen LogP) is 6.14. The van der Waals surface area contributed by atoms with E-state index >= 15 is 0 Å². The third kappa shape index (κ3) is 4.25. The SMILES string of the molecule is CCS/C(=C\C(C)=O)c1cn(Cc2ccccc2)c2ccc(Br)cc12. The van der Waals surface area contributed by atoms with Crippen LogP contribution in [0.15, 0.2) is 65.3 Å². The standard InChI is InChI=1S/C21H20BrNOS/c1-3-25-21(11-15(2)24)19-14-23(13-16-7-5-4-6-8-16)20-10-9-17(22)12-18(19)20/h4-12,14H,3,13H2,1-2H3/b21-11-. The van der Waals surface area contributed by atoms with Gasteiger partial charge in [0, 0.05) is 38.6 Å². The van der Waals surface area contributed by atoms with Crippen LogP contribution in [0.1, 0.15) is 25.0 Å². The molecule has 2 aromatic carbocycles. The molecule has 128 valence electrons. The zero-order valence-corrected chi connectivity index (χ0v) is 16.7. The highest BCUT2D eigenvalue weighted by Gasteiger charge is 2.14. The van der Waals surface area contributed by atoms with Crippen LogP contribution in [-0.2, 0) is 11.3 Å². The average molecular weight is 414 g/mol. The highest BCUT2D eigenvalue weighted by atomic mass is 79.9. The van der Waals surface area contributed by atoms with Crippen LogP contribution in [0.25, 0.3) is 15.8 Å². The van der Waals surface area contributed by atoms with E-state index < -0.39 is 0 Å². The third-order valence-electron chi connectivity index (χ3n) is 3.94. The molecule has 0 fully saturated rings. The van der Waals surface area contributed by atoms with Gasteiger partial charge < -0.3 is 4.57 Å². The Morgan fingerprint density at radius 1 is 1.20 bits per heavy atom. The molecule has 0 bridgehead atoms. The number of fused-ring (bicyclic) bond motifs is 1. The molecule has 2 nitrogen and oxygen atoms in total. The minimum atomic E-state index is 0.0786. The Morgan fingerprint density at radius 2 is 1.96 bits per heavy atom. The molecule has 0 amide bonds. The molecule has 0 N–H and O–H groups in total. The maximum atomic E-state index is 11.7. The summed E-state index contributed by atoms with van der Waals surface area (Å²) >= 11 is 5.29. The van der Waals surface area contributed by atoms with Crippen LogP contribution in [0.5, 0.6) is 0 Å². The topological polar surface area (TPSA) is 22.0 Å². The maximum absolute atomic E-state index is 11.7. The van der Waals surface area contributed by atoms with E-state index in [2.05, 4.69) is 76.1 Å². The number of rotatable bonds is 6. The summed E-state index contributed by atoms with van der Waals surface area (Å²) in [4.78, 5) is 12.7. The first-order valence-corrected chi connectivity index (χ1v) is 10.0. The van der Waals surface area contributed by atoms with Gasteiger partial charge in [-0.1, -0.05) is 53.2 Å². The van der Waals surface area contributed by atoms with E-state index in [0.717, 1.165) is 27.2 Å². The zero-order chi connectivity index (χ0) is 17.8. The number of carbonyl (C=O) groups is 1. The molecular weight excluding hydrogens is 394 g/mol. The number of hydrogen-bond acceptors (Lipinski definition) is 2.